The second-order valence-electron chi connectivity index (χ2n) is 6.64. The number of amides is 1. The Labute approximate surface area is 151 Å². The molecule has 4 heterocycles. The lowest BCUT2D eigenvalue weighted by molar-refractivity contribution is 0.0767. The van der Waals surface area contributed by atoms with E-state index < -0.39 is 0 Å². The maximum absolute atomic E-state index is 12.7. The molecule has 9 nitrogen and oxygen atoms in total. The highest BCUT2D eigenvalue weighted by molar-refractivity contribution is 5.94. The molecule has 0 aromatic carbocycles. The van der Waals surface area contributed by atoms with Gasteiger partial charge >= 0.3 is 0 Å². The van der Waals surface area contributed by atoms with Crippen LogP contribution in [0.25, 0.3) is 11.0 Å². The van der Waals surface area contributed by atoms with E-state index >= 15 is 0 Å². The average molecular weight is 354 g/mol. The predicted molar refractivity (Wildman–Crippen MR) is 97.0 cm³/mol. The van der Waals surface area contributed by atoms with E-state index in [1.54, 1.807) is 21.8 Å². The fraction of sp³-hybridized carbons (Fsp3) is 0.471. The molecule has 0 bridgehead atoms. The van der Waals surface area contributed by atoms with Crippen LogP contribution in [0.5, 0.6) is 0 Å². The normalized spacial score (nSPS) is 15.5. The van der Waals surface area contributed by atoms with Gasteiger partial charge in [0.2, 0.25) is 0 Å². The number of anilines is 1. The average Bonchev–Trinajstić information content (AvgIpc) is 3.12. The van der Waals surface area contributed by atoms with Gasteiger partial charge in [-0.2, -0.15) is 10.2 Å². The van der Waals surface area contributed by atoms with Crippen LogP contribution in [0.15, 0.2) is 18.6 Å². The molecule has 1 fully saturated rings. The van der Waals surface area contributed by atoms with Gasteiger partial charge in [0, 0.05) is 46.5 Å². The summed E-state index contributed by atoms with van der Waals surface area (Å²) in [5.74, 6) is 1.66. The first-order valence-electron chi connectivity index (χ1n) is 8.72. The van der Waals surface area contributed by atoms with E-state index in [4.69, 9.17) is 0 Å². The van der Waals surface area contributed by atoms with Crippen molar-refractivity contribution in [1.29, 1.82) is 0 Å². The van der Waals surface area contributed by atoms with Gasteiger partial charge < -0.3 is 9.80 Å². The summed E-state index contributed by atoms with van der Waals surface area (Å²) < 4.78 is 3.42. The van der Waals surface area contributed by atoms with E-state index in [9.17, 15) is 4.79 Å². The van der Waals surface area contributed by atoms with Gasteiger partial charge in [-0.05, 0) is 13.3 Å². The summed E-state index contributed by atoms with van der Waals surface area (Å²) in [7, 11) is 3.70. The molecule has 9 heteroatoms. The lowest BCUT2D eigenvalue weighted by atomic mass is 10.3. The highest BCUT2D eigenvalue weighted by atomic mass is 16.2. The smallest absolute Gasteiger partial charge is 0.257 e. The lowest BCUT2D eigenvalue weighted by Gasteiger charge is -2.23. The number of hydrogen-bond acceptors (Lipinski definition) is 6. The van der Waals surface area contributed by atoms with Crippen LogP contribution in [-0.4, -0.2) is 66.5 Å². The molecular formula is C17H22N8O. The zero-order chi connectivity index (χ0) is 18.3. The second-order valence-corrected chi connectivity index (χ2v) is 6.64. The largest absolute Gasteiger partial charge is 0.354 e. The van der Waals surface area contributed by atoms with Gasteiger partial charge in [-0.3, -0.25) is 14.2 Å². The number of hydrogen-bond donors (Lipinski definition) is 0. The van der Waals surface area contributed by atoms with Crippen LogP contribution >= 0.6 is 0 Å². The minimum Gasteiger partial charge on any atom is -0.354 e. The summed E-state index contributed by atoms with van der Waals surface area (Å²) >= 11 is 0. The molecule has 0 saturated carbocycles. The Balaban J connectivity index is 1.57. The standard InChI is InChI=1S/C17H22N8O/c1-12-20-15-14(10-19-23(15)3)16(21-12)24-5-4-6-25(8-7-24)17(26)13-9-18-22(2)11-13/h9-11H,4-8H2,1-3H3. The van der Waals surface area contributed by atoms with E-state index in [0.29, 0.717) is 12.1 Å². The van der Waals surface area contributed by atoms with Crippen LogP contribution in [0.4, 0.5) is 5.82 Å². The second kappa shape index (κ2) is 6.40. The van der Waals surface area contributed by atoms with Crippen molar-refractivity contribution in [2.75, 3.05) is 31.1 Å². The molecule has 3 aromatic heterocycles. The van der Waals surface area contributed by atoms with E-state index in [0.717, 1.165) is 48.7 Å². The minimum atomic E-state index is 0.0327. The number of carbonyl (C=O) groups excluding carboxylic acids is 1. The number of aromatic nitrogens is 6. The van der Waals surface area contributed by atoms with Gasteiger partial charge in [-0.1, -0.05) is 0 Å². The van der Waals surface area contributed by atoms with Crippen molar-refractivity contribution in [2.24, 2.45) is 14.1 Å². The van der Waals surface area contributed by atoms with E-state index in [1.165, 1.54) is 0 Å². The van der Waals surface area contributed by atoms with Crippen LogP contribution in [0.1, 0.15) is 22.6 Å². The van der Waals surface area contributed by atoms with Crippen molar-refractivity contribution < 1.29 is 4.79 Å². The molecule has 0 unspecified atom stereocenters. The van der Waals surface area contributed by atoms with Crippen LogP contribution in [0.2, 0.25) is 0 Å². The third kappa shape index (κ3) is 2.89. The number of nitrogens with zero attached hydrogens (tertiary/aromatic N) is 8. The highest BCUT2D eigenvalue weighted by Crippen LogP contribution is 2.24. The lowest BCUT2D eigenvalue weighted by Crippen LogP contribution is -2.35. The Morgan fingerprint density at radius 1 is 1.04 bits per heavy atom. The predicted octanol–water partition coefficient (Wildman–Crippen LogP) is 0.758. The molecule has 26 heavy (non-hydrogen) atoms. The first-order valence-corrected chi connectivity index (χ1v) is 8.72. The number of aryl methyl sites for hydroxylation is 3. The quantitative estimate of drug-likeness (QED) is 0.675. The van der Waals surface area contributed by atoms with Gasteiger partial charge in [0.25, 0.3) is 5.91 Å². The van der Waals surface area contributed by atoms with Gasteiger partial charge in [0.05, 0.1) is 23.3 Å². The highest BCUT2D eigenvalue weighted by Gasteiger charge is 2.23. The summed E-state index contributed by atoms with van der Waals surface area (Å²) in [5.41, 5.74) is 1.47. The third-order valence-electron chi connectivity index (χ3n) is 4.72. The van der Waals surface area contributed by atoms with Gasteiger partial charge in [0.1, 0.15) is 11.6 Å². The van der Waals surface area contributed by atoms with Crippen molar-refractivity contribution in [3.8, 4) is 0 Å². The van der Waals surface area contributed by atoms with Gasteiger partial charge in [0.15, 0.2) is 5.65 Å². The zero-order valence-corrected chi connectivity index (χ0v) is 15.3. The van der Waals surface area contributed by atoms with Gasteiger partial charge in [-0.15, -0.1) is 0 Å². The fourth-order valence-electron chi connectivity index (χ4n) is 3.40. The Hall–Kier alpha value is -2.97. The molecule has 1 aliphatic rings. The summed E-state index contributed by atoms with van der Waals surface area (Å²) in [5, 5.41) is 9.36. The molecule has 136 valence electrons. The summed E-state index contributed by atoms with van der Waals surface area (Å²) in [6.45, 7) is 4.85. The Kier molecular flexibility index (Phi) is 4.06. The minimum absolute atomic E-state index is 0.0327. The maximum Gasteiger partial charge on any atom is 0.257 e. The van der Waals surface area contributed by atoms with Crippen molar-refractivity contribution in [3.05, 3.63) is 30.0 Å². The molecule has 0 spiro atoms. The number of carbonyl (C=O) groups is 1. The third-order valence-corrected chi connectivity index (χ3v) is 4.72. The van der Waals surface area contributed by atoms with Gasteiger partial charge in [-0.25, -0.2) is 9.97 Å². The molecule has 4 rings (SSSR count). The van der Waals surface area contributed by atoms with E-state index in [1.807, 2.05) is 32.1 Å². The Bertz CT molecular complexity index is 959. The molecule has 1 amide bonds. The summed E-state index contributed by atoms with van der Waals surface area (Å²) in [6, 6.07) is 0. The SMILES string of the molecule is Cc1nc(N2CCCN(C(=O)c3cnn(C)c3)CC2)c2cnn(C)c2n1. The molecule has 0 aliphatic carbocycles. The van der Waals surface area contributed by atoms with Crippen molar-refractivity contribution in [1.82, 2.24) is 34.4 Å². The maximum atomic E-state index is 12.7. The van der Waals surface area contributed by atoms with Crippen LogP contribution in [0.3, 0.4) is 0 Å². The van der Waals surface area contributed by atoms with Crippen molar-refractivity contribution in [3.63, 3.8) is 0 Å². The fourth-order valence-corrected chi connectivity index (χ4v) is 3.40. The Morgan fingerprint density at radius 3 is 2.65 bits per heavy atom. The molecule has 0 atom stereocenters. The monoisotopic (exact) mass is 354 g/mol. The number of rotatable bonds is 2. The molecule has 1 saturated heterocycles. The van der Waals surface area contributed by atoms with E-state index in [-0.39, 0.29) is 5.91 Å². The molecular weight excluding hydrogens is 332 g/mol. The number of fused-ring (bicyclic) bond motifs is 1. The topological polar surface area (TPSA) is 85.0 Å². The van der Waals surface area contributed by atoms with Crippen molar-refractivity contribution in [2.45, 2.75) is 13.3 Å². The van der Waals surface area contributed by atoms with Crippen LogP contribution in [-0.2, 0) is 14.1 Å². The zero-order valence-electron chi connectivity index (χ0n) is 15.3. The molecule has 3 aromatic rings. The summed E-state index contributed by atoms with van der Waals surface area (Å²) in [6.07, 6.45) is 6.08. The first-order chi connectivity index (χ1) is 12.5. The van der Waals surface area contributed by atoms with Crippen molar-refractivity contribution >= 4 is 22.8 Å². The van der Waals surface area contributed by atoms with Crippen LogP contribution in [0, 0.1) is 6.92 Å². The van der Waals surface area contributed by atoms with E-state index in [2.05, 4.69) is 25.1 Å². The molecule has 0 radical (unpaired) electrons. The summed E-state index contributed by atoms with van der Waals surface area (Å²) in [4.78, 5) is 26.0. The molecule has 1 aliphatic heterocycles. The van der Waals surface area contributed by atoms with Crippen LogP contribution < -0.4 is 4.90 Å². The first kappa shape index (κ1) is 16.5. The Morgan fingerprint density at radius 2 is 1.88 bits per heavy atom. The molecule has 0 N–H and O–H groups in total.